The lowest BCUT2D eigenvalue weighted by atomic mass is 10.2. The number of anilines is 2. The monoisotopic (exact) mass is 372 g/mol. The zero-order valence-electron chi connectivity index (χ0n) is 14.3. The zero-order valence-corrected chi connectivity index (χ0v) is 14.3. The Bertz CT molecular complexity index is 949. The minimum absolute atomic E-state index is 0.0870. The maximum absolute atomic E-state index is 13.6. The van der Waals surface area contributed by atoms with Gasteiger partial charge < -0.3 is 10.2 Å². The molecule has 0 fully saturated rings. The molecule has 3 aromatic rings. The van der Waals surface area contributed by atoms with Gasteiger partial charge in [-0.2, -0.15) is 0 Å². The van der Waals surface area contributed by atoms with E-state index in [0.29, 0.717) is 12.4 Å². The van der Waals surface area contributed by atoms with Crippen molar-refractivity contribution in [2.24, 2.45) is 0 Å². The van der Waals surface area contributed by atoms with Gasteiger partial charge in [-0.15, -0.1) is 0 Å². The molecule has 0 saturated heterocycles. The number of nitrogens with one attached hydrogen (secondary N) is 1. The van der Waals surface area contributed by atoms with Gasteiger partial charge in [0.15, 0.2) is 17.5 Å². The fourth-order valence-electron chi connectivity index (χ4n) is 2.38. The average Bonchev–Trinajstić information content (AvgIpc) is 2.69. The molecule has 27 heavy (non-hydrogen) atoms. The number of carbonyl (C=O) groups excluding carboxylic acids is 1. The van der Waals surface area contributed by atoms with Gasteiger partial charge in [-0.1, -0.05) is 30.3 Å². The van der Waals surface area contributed by atoms with Crippen LogP contribution in [0.3, 0.4) is 0 Å². The van der Waals surface area contributed by atoms with Crippen LogP contribution >= 0.6 is 0 Å². The summed E-state index contributed by atoms with van der Waals surface area (Å²) < 4.78 is 39.8. The van der Waals surface area contributed by atoms with Gasteiger partial charge in [-0.25, -0.2) is 23.1 Å². The number of carbonyl (C=O) groups is 1. The first kappa shape index (κ1) is 18.4. The Balaban J connectivity index is 1.69. The van der Waals surface area contributed by atoms with E-state index in [2.05, 4.69) is 15.3 Å². The van der Waals surface area contributed by atoms with Gasteiger partial charge in [0, 0.05) is 13.6 Å². The lowest BCUT2D eigenvalue weighted by Crippen LogP contribution is -2.20. The zero-order chi connectivity index (χ0) is 19.4. The first-order chi connectivity index (χ1) is 13.0. The van der Waals surface area contributed by atoms with Crippen molar-refractivity contribution >= 4 is 17.4 Å². The van der Waals surface area contributed by atoms with Gasteiger partial charge in [-0.3, -0.25) is 4.79 Å². The van der Waals surface area contributed by atoms with E-state index in [1.807, 2.05) is 42.3 Å². The van der Waals surface area contributed by atoms with Gasteiger partial charge in [0.2, 0.25) is 0 Å². The van der Waals surface area contributed by atoms with Crippen molar-refractivity contribution in [3.05, 3.63) is 83.6 Å². The van der Waals surface area contributed by atoms with Crippen molar-refractivity contribution in [2.75, 3.05) is 17.3 Å². The second-order valence-corrected chi connectivity index (χ2v) is 5.78. The van der Waals surface area contributed by atoms with E-state index in [9.17, 15) is 18.0 Å². The first-order valence-electron chi connectivity index (χ1n) is 7.97. The van der Waals surface area contributed by atoms with Gasteiger partial charge in [-0.05, 0) is 17.7 Å². The maximum atomic E-state index is 13.6. The summed E-state index contributed by atoms with van der Waals surface area (Å²) in [6.45, 7) is 0.598. The number of amides is 1. The number of hydrogen-bond donors (Lipinski definition) is 1. The van der Waals surface area contributed by atoms with E-state index in [4.69, 9.17) is 0 Å². The number of halogens is 3. The lowest BCUT2D eigenvalue weighted by molar-refractivity contribution is 0.102. The molecule has 1 N–H and O–H groups in total. The van der Waals surface area contributed by atoms with Crippen LogP contribution in [0.4, 0.5) is 24.7 Å². The number of nitrogens with zero attached hydrogens (tertiary/aromatic N) is 3. The second kappa shape index (κ2) is 7.86. The molecular weight excluding hydrogens is 357 g/mol. The van der Waals surface area contributed by atoms with Crippen LogP contribution in [0.15, 0.2) is 54.9 Å². The molecule has 0 radical (unpaired) electrons. The van der Waals surface area contributed by atoms with Crippen LogP contribution in [0.1, 0.15) is 16.1 Å². The summed E-state index contributed by atoms with van der Waals surface area (Å²) >= 11 is 0. The minimum atomic E-state index is -1.66. The molecule has 2 aromatic carbocycles. The van der Waals surface area contributed by atoms with E-state index in [-0.39, 0.29) is 5.69 Å². The Kier molecular flexibility index (Phi) is 5.35. The largest absolute Gasteiger partial charge is 0.354 e. The Morgan fingerprint density at radius 2 is 1.74 bits per heavy atom. The summed E-state index contributed by atoms with van der Waals surface area (Å²) in [5, 5.41) is 2.15. The Morgan fingerprint density at radius 1 is 1.00 bits per heavy atom. The van der Waals surface area contributed by atoms with E-state index in [0.717, 1.165) is 17.7 Å². The Morgan fingerprint density at radius 3 is 2.41 bits per heavy atom. The highest BCUT2D eigenvalue weighted by atomic mass is 19.2. The minimum Gasteiger partial charge on any atom is -0.354 e. The summed E-state index contributed by atoms with van der Waals surface area (Å²) in [6, 6.07) is 11.4. The Labute approximate surface area is 153 Å². The van der Waals surface area contributed by atoms with Gasteiger partial charge in [0.25, 0.3) is 5.91 Å². The van der Waals surface area contributed by atoms with Crippen molar-refractivity contribution in [1.29, 1.82) is 0 Å². The molecule has 0 aliphatic rings. The maximum Gasteiger partial charge on any atom is 0.275 e. The van der Waals surface area contributed by atoms with Crippen LogP contribution < -0.4 is 10.2 Å². The summed E-state index contributed by atoms with van der Waals surface area (Å²) in [4.78, 5) is 22.1. The van der Waals surface area contributed by atoms with Crippen molar-refractivity contribution in [2.45, 2.75) is 6.54 Å². The summed E-state index contributed by atoms with van der Waals surface area (Å²) in [6.07, 6.45) is 2.63. The topological polar surface area (TPSA) is 58.1 Å². The summed E-state index contributed by atoms with van der Waals surface area (Å²) in [5.74, 6) is -4.72. The highest BCUT2D eigenvalue weighted by Gasteiger charge is 2.17. The summed E-state index contributed by atoms with van der Waals surface area (Å²) in [5.41, 5.74) is 0.513. The normalized spacial score (nSPS) is 10.5. The van der Waals surface area contributed by atoms with E-state index < -0.39 is 29.0 Å². The molecule has 3 rings (SSSR count). The van der Waals surface area contributed by atoms with E-state index in [1.165, 1.54) is 12.4 Å². The number of rotatable bonds is 5. The fourth-order valence-corrected chi connectivity index (χ4v) is 2.38. The molecule has 138 valence electrons. The molecule has 0 bridgehead atoms. The highest BCUT2D eigenvalue weighted by Crippen LogP contribution is 2.20. The third-order valence-electron chi connectivity index (χ3n) is 3.81. The molecule has 0 saturated carbocycles. The van der Waals surface area contributed by atoms with Crippen LogP contribution in [0.25, 0.3) is 0 Å². The molecule has 0 unspecified atom stereocenters. The number of hydrogen-bond acceptors (Lipinski definition) is 4. The standard InChI is InChI=1S/C19H15F3N4O/c1-26(11-12-5-3-2-4-6-12)16-10-23-15(9-24-16)19(27)25-14-8-7-13(20)17(21)18(14)22/h2-10H,11H2,1H3,(H,25,27). The molecule has 0 aliphatic carbocycles. The predicted molar refractivity (Wildman–Crippen MR) is 94.9 cm³/mol. The molecule has 1 heterocycles. The van der Waals surface area contributed by atoms with Crippen LogP contribution in [0.5, 0.6) is 0 Å². The molecule has 1 aromatic heterocycles. The van der Waals surface area contributed by atoms with Crippen molar-refractivity contribution in [3.8, 4) is 0 Å². The van der Waals surface area contributed by atoms with Crippen LogP contribution in [0.2, 0.25) is 0 Å². The van der Waals surface area contributed by atoms with Crippen LogP contribution in [-0.2, 0) is 6.54 Å². The SMILES string of the molecule is CN(Cc1ccccc1)c1cnc(C(=O)Nc2ccc(F)c(F)c2F)cn1. The molecular formula is C19H15F3N4O. The van der Waals surface area contributed by atoms with Crippen LogP contribution in [-0.4, -0.2) is 22.9 Å². The van der Waals surface area contributed by atoms with Crippen molar-refractivity contribution < 1.29 is 18.0 Å². The molecule has 0 atom stereocenters. The molecule has 0 aliphatic heterocycles. The fraction of sp³-hybridized carbons (Fsp3) is 0.105. The number of benzene rings is 2. The van der Waals surface area contributed by atoms with Crippen LogP contribution in [0, 0.1) is 17.5 Å². The van der Waals surface area contributed by atoms with Gasteiger partial charge in [0.05, 0.1) is 18.1 Å². The van der Waals surface area contributed by atoms with Gasteiger partial charge in [0.1, 0.15) is 11.5 Å². The predicted octanol–water partition coefficient (Wildman–Crippen LogP) is 3.78. The first-order valence-corrected chi connectivity index (χ1v) is 7.97. The lowest BCUT2D eigenvalue weighted by Gasteiger charge is -2.17. The van der Waals surface area contributed by atoms with E-state index >= 15 is 0 Å². The molecule has 1 amide bonds. The number of aromatic nitrogens is 2. The summed E-state index contributed by atoms with van der Waals surface area (Å²) in [7, 11) is 1.83. The second-order valence-electron chi connectivity index (χ2n) is 5.78. The third-order valence-corrected chi connectivity index (χ3v) is 3.81. The van der Waals surface area contributed by atoms with E-state index in [1.54, 1.807) is 0 Å². The van der Waals surface area contributed by atoms with Gasteiger partial charge >= 0.3 is 0 Å². The quantitative estimate of drug-likeness (QED) is 0.693. The Hall–Kier alpha value is -3.42. The van der Waals surface area contributed by atoms with Crippen molar-refractivity contribution in [1.82, 2.24) is 9.97 Å². The van der Waals surface area contributed by atoms with Crippen molar-refractivity contribution in [3.63, 3.8) is 0 Å². The average molecular weight is 372 g/mol. The smallest absolute Gasteiger partial charge is 0.275 e. The third kappa shape index (κ3) is 4.22. The molecule has 0 spiro atoms. The molecule has 8 heteroatoms. The highest BCUT2D eigenvalue weighted by molar-refractivity contribution is 6.02. The molecule has 5 nitrogen and oxygen atoms in total.